The number of nitrogens with zero attached hydrogens (tertiary/aromatic N) is 4. The molecule has 2 atom stereocenters. The van der Waals surface area contributed by atoms with E-state index >= 15 is 0 Å². The van der Waals surface area contributed by atoms with E-state index in [0.29, 0.717) is 60.9 Å². The van der Waals surface area contributed by atoms with Gasteiger partial charge in [-0.25, -0.2) is 13.9 Å². The summed E-state index contributed by atoms with van der Waals surface area (Å²) in [6.45, 7) is 1.15. The molecule has 4 heterocycles. The SMILES string of the molecule is O=C1NCCCOc2ccc(F)cc2C2C[C@@H](O)CN2c2ccn3ncc1c3n2. The molecule has 2 aliphatic heterocycles. The van der Waals surface area contributed by atoms with Gasteiger partial charge in [-0.15, -0.1) is 0 Å². The summed E-state index contributed by atoms with van der Waals surface area (Å²) in [5, 5.41) is 17.4. The van der Waals surface area contributed by atoms with Crippen molar-refractivity contribution in [3.8, 4) is 5.75 Å². The standard InChI is InChI=1S/C20H20FN5O3/c21-12-2-3-17-14(8-12)16-9-13(27)11-25(16)18-4-6-26-19(24-18)15(10-23-26)20(28)22-5-1-7-29-17/h2-4,6,8,10,13,16,27H,1,5,7,9,11H2,(H,22,28)/t13-,16?/m1/s1. The number of benzene rings is 1. The predicted octanol–water partition coefficient (Wildman–Crippen LogP) is 1.69. The third kappa shape index (κ3) is 3.17. The van der Waals surface area contributed by atoms with E-state index in [2.05, 4.69) is 15.4 Å². The van der Waals surface area contributed by atoms with Gasteiger partial charge in [-0.05, 0) is 37.1 Å². The zero-order chi connectivity index (χ0) is 20.0. The lowest BCUT2D eigenvalue weighted by atomic mass is 10.0. The first-order valence-electron chi connectivity index (χ1n) is 9.60. The predicted molar refractivity (Wildman–Crippen MR) is 103 cm³/mol. The van der Waals surface area contributed by atoms with Gasteiger partial charge in [0.25, 0.3) is 5.91 Å². The topological polar surface area (TPSA) is 92.0 Å². The van der Waals surface area contributed by atoms with Crippen molar-refractivity contribution in [2.45, 2.75) is 25.0 Å². The molecule has 1 fully saturated rings. The maximum atomic E-state index is 14.1. The summed E-state index contributed by atoms with van der Waals surface area (Å²) in [5.41, 5.74) is 1.50. The number of ether oxygens (including phenoxy) is 1. The van der Waals surface area contributed by atoms with Crippen molar-refractivity contribution < 1.29 is 19.0 Å². The first-order chi connectivity index (χ1) is 14.1. The number of hydrogen-bond acceptors (Lipinski definition) is 6. The van der Waals surface area contributed by atoms with Crippen molar-refractivity contribution in [2.75, 3.05) is 24.6 Å². The van der Waals surface area contributed by atoms with Crippen LogP contribution >= 0.6 is 0 Å². The first kappa shape index (κ1) is 17.9. The molecule has 2 N–H and O–H groups in total. The van der Waals surface area contributed by atoms with E-state index in [1.54, 1.807) is 22.8 Å². The Balaban J connectivity index is 1.66. The fourth-order valence-electron chi connectivity index (χ4n) is 4.00. The molecule has 0 radical (unpaired) electrons. The Morgan fingerprint density at radius 2 is 2.21 bits per heavy atom. The Hall–Kier alpha value is -3.20. The number of carbonyl (C=O) groups excluding carboxylic acids is 1. The van der Waals surface area contributed by atoms with Crippen LogP contribution in [-0.4, -0.2) is 51.4 Å². The highest BCUT2D eigenvalue weighted by Gasteiger charge is 2.35. The number of anilines is 1. The zero-order valence-electron chi connectivity index (χ0n) is 15.6. The molecular weight excluding hydrogens is 377 g/mol. The Kier molecular flexibility index (Phi) is 4.31. The second kappa shape index (κ2) is 7.00. The normalized spacial score (nSPS) is 22.0. The molecule has 1 aromatic carbocycles. The number of aliphatic hydroxyl groups excluding tert-OH is 1. The van der Waals surface area contributed by atoms with E-state index in [1.807, 2.05) is 4.90 Å². The smallest absolute Gasteiger partial charge is 0.256 e. The Morgan fingerprint density at radius 1 is 1.31 bits per heavy atom. The lowest BCUT2D eigenvalue weighted by molar-refractivity contribution is 0.0953. The van der Waals surface area contributed by atoms with E-state index in [1.165, 1.54) is 18.3 Å². The van der Waals surface area contributed by atoms with Crippen LogP contribution in [0, 0.1) is 5.82 Å². The minimum absolute atomic E-state index is 0.248. The molecule has 0 saturated carbocycles. The van der Waals surface area contributed by atoms with Crippen LogP contribution in [0.15, 0.2) is 36.7 Å². The molecule has 2 aliphatic rings. The quantitative estimate of drug-likeness (QED) is 0.600. The van der Waals surface area contributed by atoms with Gasteiger partial charge in [-0.3, -0.25) is 4.79 Å². The van der Waals surface area contributed by atoms with Gasteiger partial charge < -0.3 is 20.1 Å². The maximum Gasteiger partial charge on any atom is 0.256 e. The van der Waals surface area contributed by atoms with Crippen LogP contribution in [0.1, 0.15) is 34.8 Å². The Bertz CT molecular complexity index is 1090. The van der Waals surface area contributed by atoms with Gasteiger partial charge in [0.15, 0.2) is 5.65 Å². The highest BCUT2D eigenvalue weighted by molar-refractivity contribution is 5.99. The molecule has 29 heavy (non-hydrogen) atoms. The summed E-state index contributed by atoms with van der Waals surface area (Å²) in [6, 6.07) is 5.92. The third-order valence-corrected chi connectivity index (χ3v) is 5.37. The molecule has 1 unspecified atom stereocenters. The van der Waals surface area contributed by atoms with Crippen molar-refractivity contribution in [1.29, 1.82) is 0 Å². The number of rotatable bonds is 0. The number of nitrogens with one attached hydrogen (secondary N) is 1. The van der Waals surface area contributed by atoms with Crippen molar-refractivity contribution in [3.63, 3.8) is 0 Å². The van der Waals surface area contributed by atoms with Crippen LogP contribution in [-0.2, 0) is 0 Å². The average molecular weight is 397 g/mol. The van der Waals surface area contributed by atoms with E-state index in [9.17, 15) is 14.3 Å². The average Bonchev–Trinajstić information content (AvgIpc) is 3.31. The molecule has 5 rings (SSSR count). The van der Waals surface area contributed by atoms with Gasteiger partial charge in [-0.1, -0.05) is 0 Å². The minimum Gasteiger partial charge on any atom is -0.493 e. The van der Waals surface area contributed by atoms with E-state index in [0.717, 1.165) is 0 Å². The third-order valence-electron chi connectivity index (χ3n) is 5.37. The summed E-state index contributed by atoms with van der Waals surface area (Å²) in [6.07, 6.45) is 3.66. The molecule has 2 aromatic heterocycles. The van der Waals surface area contributed by atoms with Gasteiger partial charge in [0.2, 0.25) is 0 Å². The lowest BCUT2D eigenvalue weighted by Crippen LogP contribution is -2.28. The Labute approximate surface area is 165 Å². The highest BCUT2D eigenvalue weighted by Crippen LogP contribution is 2.40. The largest absolute Gasteiger partial charge is 0.493 e. The van der Waals surface area contributed by atoms with E-state index < -0.39 is 6.10 Å². The van der Waals surface area contributed by atoms with Crippen LogP contribution in [0.2, 0.25) is 0 Å². The zero-order valence-corrected chi connectivity index (χ0v) is 15.6. The molecule has 0 aliphatic carbocycles. The molecule has 1 saturated heterocycles. The van der Waals surface area contributed by atoms with Gasteiger partial charge in [0, 0.05) is 24.8 Å². The van der Waals surface area contributed by atoms with Gasteiger partial charge in [-0.2, -0.15) is 5.10 Å². The van der Waals surface area contributed by atoms with E-state index in [-0.39, 0.29) is 17.8 Å². The van der Waals surface area contributed by atoms with Crippen LogP contribution in [0.25, 0.3) is 5.65 Å². The number of aliphatic hydroxyl groups is 1. The summed E-state index contributed by atoms with van der Waals surface area (Å²) < 4.78 is 21.5. The van der Waals surface area contributed by atoms with Gasteiger partial charge >= 0.3 is 0 Å². The molecule has 3 aromatic rings. The number of amides is 1. The molecule has 2 bridgehead atoms. The van der Waals surface area contributed by atoms with Crippen molar-refractivity contribution >= 4 is 17.4 Å². The molecule has 9 heteroatoms. The number of fused-ring (bicyclic) bond motifs is 5. The number of aromatic nitrogens is 3. The number of halogens is 1. The Morgan fingerprint density at radius 3 is 3.10 bits per heavy atom. The number of hydrogen-bond donors (Lipinski definition) is 2. The van der Waals surface area contributed by atoms with Crippen LogP contribution in [0.5, 0.6) is 5.75 Å². The van der Waals surface area contributed by atoms with Crippen LogP contribution < -0.4 is 15.0 Å². The fourth-order valence-corrected chi connectivity index (χ4v) is 4.00. The molecule has 8 nitrogen and oxygen atoms in total. The second-order valence-electron chi connectivity index (χ2n) is 7.31. The lowest BCUT2D eigenvalue weighted by Gasteiger charge is -2.27. The summed E-state index contributed by atoms with van der Waals surface area (Å²) in [7, 11) is 0. The highest BCUT2D eigenvalue weighted by atomic mass is 19.1. The fraction of sp³-hybridized carbons (Fsp3) is 0.350. The second-order valence-corrected chi connectivity index (χ2v) is 7.31. The molecular formula is C20H20FN5O3. The molecule has 1 amide bonds. The molecule has 150 valence electrons. The summed E-state index contributed by atoms with van der Waals surface area (Å²) in [4.78, 5) is 19.1. The van der Waals surface area contributed by atoms with Crippen LogP contribution in [0.4, 0.5) is 10.2 Å². The summed E-state index contributed by atoms with van der Waals surface area (Å²) >= 11 is 0. The van der Waals surface area contributed by atoms with Crippen molar-refractivity contribution in [1.82, 2.24) is 19.9 Å². The number of carbonyl (C=O) groups is 1. The van der Waals surface area contributed by atoms with E-state index in [4.69, 9.17) is 4.74 Å². The maximum absolute atomic E-state index is 14.1. The monoisotopic (exact) mass is 397 g/mol. The summed E-state index contributed by atoms with van der Waals surface area (Å²) in [5.74, 6) is 0.552. The van der Waals surface area contributed by atoms with Gasteiger partial charge in [0.1, 0.15) is 22.9 Å². The van der Waals surface area contributed by atoms with Gasteiger partial charge in [0.05, 0.1) is 24.9 Å². The van der Waals surface area contributed by atoms with Crippen LogP contribution in [0.3, 0.4) is 0 Å². The van der Waals surface area contributed by atoms with Crippen molar-refractivity contribution in [2.24, 2.45) is 0 Å². The van der Waals surface area contributed by atoms with Crippen molar-refractivity contribution in [3.05, 3.63) is 53.6 Å². The first-order valence-corrected chi connectivity index (χ1v) is 9.60. The molecule has 0 spiro atoms. The minimum atomic E-state index is -0.586.